The molecule has 0 unspecified atom stereocenters. The normalized spacial score (nSPS) is 12.4. The fourth-order valence-corrected chi connectivity index (χ4v) is 1.51. The summed E-state index contributed by atoms with van der Waals surface area (Å²) in [6.07, 6.45) is 3.20. The third-order valence-electron chi connectivity index (χ3n) is 2.63. The molecule has 0 aliphatic heterocycles. The fourth-order valence-electron chi connectivity index (χ4n) is 1.51. The quantitative estimate of drug-likeness (QED) is 0.718. The summed E-state index contributed by atoms with van der Waals surface area (Å²) in [5, 5.41) is 15.5. The van der Waals surface area contributed by atoms with Gasteiger partial charge in [0.2, 0.25) is 11.8 Å². The van der Waals surface area contributed by atoms with E-state index in [4.69, 9.17) is 9.63 Å². The first-order valence-corrected chi connectivity index (χ1v) is 6.41. The summed E-state index contributed by atoms with van der Waals surface area (Å²) in [7, 11) is 0. The lowest BCUT2D eigenvalue weighted by atomic mass is 10.2. The highest BCUT2D eigenvalue weighted by molar-refractivity contribution is 5.76. The van der Waals surface area contributed by atoms with Gasteiger partial charge in [0.25, 0.3) is 0 Å². The Kier molecular flexibility index (Phi) is 6.35. The molecule has 0 aromatic carbocycles. The Bertz CT molecular complexity index is 361. The summed E-state index contributed by atoms with van der Waals surface area (Å²) in [5.41, 5.74) is 0. The lowest BCUT2D eigenvalue weighted by molar-refractivity contribution is -0.122. The molecule has 0 aliphatic rings. The van der Waals surface area contributed by atoms with Gasteiger partial charge in [-0.15, -0.1) is 0 Å². The first kappa shape index (κ1) is 14.6. The van der Waals surface area contributed by atoms with Crippen molar-refractivity contribution in [1.29, 1.82) is 0 Å². The highest BCUT2D eigenvalue weighted by Gasteiger charge is 2.11. The molecule has 0 aliphatic carbocycles. The van der Waals surface area contributed by atoms with E-state index < -0.39 is 0 Å². The van der Waals surface area contributed by atoms with E-state index in [-0.39, 0.29) is 18.6 Å². The van der Waals surface area contributed by atoms with Crippen LogP contribution in [0.4, 0.5) is 0 Å². The maximum absolute atomic E-state index is 11.6. The second kappa shape index (κ2) is 7.81. The van der Waals surface area contributed by atoms with Crippen LogP contribution in [0.5, 0.6) is 0 Å². The number of hydrogen-bond acceptors (Lipinski definition) is 5. The molecule has 1 aromatic heterocycles. The first-order chi connectivity index (χ1) is 8.69. The van der Waals surface area contributed by atoms with Crippen molar-refractivity contribution in [2.75, 3.05) is 6.61 Å². The Hall–Kier alpha value is -1.43. The van der Waals surface area contributed by atoms with Crippen molar-refractivity contribution in [2.45, 2.75) is 52.0 Å². The van der Waals surface area contributed by atoms with Crippen molar-refractivity contribution < 1.29 is 14.4 Å². The Morgan fingerprint density at radius 3 is 2.83 bits per heavy atom. The summed E-state index contributed by atoms with van der Waals surface area (Å²) in [4.78, 5) is 15.7. The molecule has 0 radical (unpaired) electrons. The van der Waals surface area contributed by atoms with Gasteiger partial charge in [-0.3, -0.25) is 4.79 Å². The maximum Gasteiger partial charge on any atom is 0.227 e. The Balaban J connectivity index is 2.32. The van der Waals surface area contributed by atoms with E-state index in [2.05, 4.69) is 15.5 Å². The second-order valence-electron chi connectivity index (χ2n) is 4.21. The minimum Gasteiger partial charge on any atom is -0.394 e. The van der Waals surface area contributed by atoms with Gasteiger partial charge in [-0.25, -0.2) is 0 Å². The van der Waals surface area contributed by atoms with Crippen molar-refractivity contribution in [3.63, 3.8) is 0 Å². The molecule has 1 atom stereocenters. The number of nitrogens with one attached hydrogen (secondary N) is 1. The zero-order valence-electron chi connectivity index (χ0n) is 11.0. The number of rotatable bonds is 8. The van der Waals surface area contributed by atoms with Crippen LogP contribution in [0.3, 0.4) is 0 Å². The van der Waals surface area contributed by atoms with Crippen molar-refractivity contribution in [1.82, 2.24) is 15.5 Å². The lowest BCUT2D eigenvalue weighted by Crippen LogP contribution is -2.37. The third-order valence-corrected chi connectivity index (χ3v) is 2.63. The Morgan fingerprint density at radius 1 is 1.44 bits per heavy atom. The van der Waals surface area contributed by atoms with Gasteiger partial charge in [0, 0.05) is 19.3 Å². The number of aliphatic hydroxyl groups excluding tert-OH is 1. The molecular formula is C12H21N3O3. The van der Waals surface area contributed by atoms with E-state index >= 15 is 0 Å². The number of nitrogens with zero attached hydrogens (tertiary/aromatic N) is 2. The second-order valence-corrected chi connectivity index (χ2v) is 4.21. The Morgan fingerprint density at radius 2 is 2.22 bits per heavy atom. The van der Waals surface area contributed by atoms with E-state index in [1.54, 1.807) is 0 Å². The standard InChI is InChI=1S/C12H21N3O3/c1-3-5-10-14-12(18-15-10)7-6-11(17)13-9(4-2)8-16/h9,16H,3-8H2,1-2H3,(H,13,17)/t9-/m1/s1. The van der Waals surface area contributed by atoms with E-state index in [9.17, 15) is 4.79 Å². The van der Waals surface area contributed by atoms with Gasteiger partial charge in [0.15, 0.2) is 5.82 Å². The summed E-state index contributed by atoms with van der Waals surface area (Å²) in [5.74, 6) is 1.08. The average molecular weight is 255 g/mol. The molecule has 18 heavy (non-hydrogen) atoms. The van der Waals surface area contributed by atoms with Crippen LogP contribution in [0.25, 0.3) is 0 Å². The molecule has 102 valence electrons. The van der Waals surface area contributed by atoms with Crippen molar-refractivity contribution >= 4 is 5.91 Å². The predicted octanol–water partition coefficient (Wildman–Crippen LogP) is 0.842. The minimum absolute atomic E-state index is 0.0382. The molecule has 2 N–H and O–H groups in total. The van der Waals surface area contributed by atoms with Gasteiger partial charge in [-0.1, -0.05) is 19.0 Å². The number of amides is 1. The molecule has 0 saturated carbocycles. The zero-order valence-corrected chi connectivity index (χ0v) is 11.0. The lowest BCUT2D eigenvalue weighted by Gasteiger charge is -2.13. The molecule has 1 aromatic rings. The monoisotopic (exact) mass is 255 g/mol. The van der Waals surface area contributed by atoms with Crippen LogP contribution in [0.1, 0.15) is 44.8 Å². The van der Waals surface area contributed by atoms with Crippen molar-refractivity contribution in [3.05, 3.63) is 11.7 Å². The molecule has 0 fully saturated rings. The molecular weight excluding hydrogens is 234 g/mol. The summed E-state index contributed by atoms with van der Waals surface area (Å²) in [6, 6.07) is -0.171. The van der Waals surface area contributed by atoms with Crippen LogP contribution in [-0.4, -0.2) is 33.8 Å². The number of carbonyl (C=O) groups excluding carboxylic acids is 1. The minimum atomic E-state index is -0.171. The van der Waals surface area contributed by atoms with E-state index in [1.807, 2.05) is 13.8 Å². The molecule has 6 nitrogen and oxygen atoms in total. The fraction of sp³-hybridized carbons (Fsp3) is 0.750. The van der Waals surface area contributed by atoms with Gasteiger partial charge in [-0.05, 0) is 12.8 Å². The maximum atomic E-state index is 11.6. The number of aliphatic hydroxyl groups is 1. The average Bonchev–Trinajstić information content (AvgIpc) is 2.82. The predicted molar refractivity (Wildman–Crippen MR) is 65.9 cm³/mol. The van der Waals surface area contributed by atoms with Crippen LogP contribution in [0.2, 0.25) is 0 Å². The number of aromatic nitrogens is 2. The van der Waals surface area contributed by atoms with Crippen LogP contribution >= 0.6 is 0 Å². The van der Waals surface area contributed by atoms with E-state index in [0.29, 0.717) is 31.0 Å². The van der Waals surface area contributed by atoms with Crippen LogP contribution in [0, 0.1) is 0 Å². The topological polar surface area (TPSA) is 88.2 Å². The molecule has 0 spiro atoms. The SMILES string of the molecule is CCCc1noc(CCC(=O)N[C@H](CC)CO)n1. The van der Waals surface area contributed by atoms with E-state index in [1.165, 1.54) is 0 Å². The van der Waals surface area contributed by atoms with Gasteiger partial charge < -0.3 is 14.9 Å². The van der Waals surface area contributed by atoms with Crippen molar-refractivity contribution in [2.24, 2.45) is 0 Å². The molecule has 6 heteroatoms. The first-order valence-electron chi connectivity index (χ1n) is 6.41. The van der Waals surface area contributed by atoms with Crippen LogP contribution < -0.4 is 5.32 Å². The Labute approximate surface area is 107 Å². The molecule has 1 amide bonds. The van der Waals surface area contributed by atoms with Gasteiger partial charge >= 0.3 is 0 Å². The van der Waals surface area contributed by atoms with Gasteiger partial charge in [-0.2, -0.15) is 4.98 Å². The number of hydrogen-bond donors (Lipinski definition) is 2. The van der Waals surface area contributed by atoms with Gasteiger partial charge in [0.05, 0.1) is 12.6 Å². The summed E-state index contributed by atoms with van der Waals surface area (Å²) >= 11 is 0. The number of aryl methyl sites for hydroxylation is 2. The molecule has 0 bridgehead atoms. The highest BCUT2D eigenvalue weighted by Crippen LogP contribution is 2.03. The highest BCUT2D eigenvalue weighted by atomic mass is 16.5. The molecule has 1 heterocycles. The largest absolute Gasteiger partial charge is 0.394 e. The molecule has 0 saturated heterocycles. The van der Waals surface area contributed by atoms with Crippen LogP contribution in [0.15, 0.2) is 4.52 Å². The summed E-state index contributed by atoms with van der Waals surface area (Å²) < 4.78 is 5.03. The third kappa shape index (κ3) is 4.83. The van der Waals surface area contributed by atoms with Crippen molar-refractivity contribution in [3.8, 4) is 0 Å². The van der Waals surface area contributed by atoms with Gasteiger partial charge in [0.1, 0.15) is 0 Å². The van der Waals surface area contributed by atoms with E-state index in [0.717, 1.165) is 12.8 Å². The smallest absolute Gasteiger partial charge is 0.227 e. The molecule has 1 rings (SSSR count). The zero-order chi connectivity index (χ0) is 13.4. The number of carbonyl (C=O) groups is 1. The summed E-state index contributed by atoms with van der Waals surface area (Å²) in [6.45, 7) is 3.92. The van der Waals surface area contributed by atoms with Crippen LogP contribution in [-0.2, 0) is 17.6 Å².